The van der Waals surface area contributed by atoms with Gasteiger partial charge in [-0.25, -0.2) is 27.0 Å². The van der Waals surface area contributed by atoms with E-state index in [1.165, 1.54) is 24.1 Å². The Bertz CT molecular complexity index is 1490. The number of sulfonamides is 1. The van der Waals surface area contributed by atoms with Crippen molar-refractivity contribution in [3.05, 3.63) is 63.5 Å². The van der Waals surface area contributed by atoms with Crippen molar-refractivity contribution in [2.45, 2.75) is 71.2 Å². The lowest BCUT2D eigenvalue weighted by molar-refractivity contribution is 0.0608. The average Bonchev–Trinajstić information content (AvgIpc) is 3.38. The number of hydrogen-bond acceptors (Lipinski definition) is 9. The number of amides is 1. The van der Waals surface area contributed by atoms with Crippen LogP contribution in [0.3, 0.4) is 0 Å². The highest BCUT2D eigenvalue weighted by Gasteiger charge is 2.38. The van der Waals surface area contributed by atoms with E-state index in [1.54, 1.807) is 33.8 Å². The Morgan fingerprint density at radius 3 is 2.39 bits per heavy atom. The lowest BCUT2D eigenvalue weighted by Crippen LogP contribution is -2.41. The predicted molar refractivity (Wildman–Crippen MR) is 156 cm³/mol. The van der Waals surface area contributed by atoms with Crippen molar-refractivity contribution in [3.63, 3.8) is 0 Å². The number of methoxy groups -OCH3 is 1. The topological polar surface area (TPSA) is 101 Å². The second-order valence-corrected chi connectivity index (χ2v) is 13.2. The molecule has 9 nitrogen and oxygen atoms in total. The van der Waals surface area contributed by atoms with Gasteiger partial charge < -0.3 is 14.8 Å². The zero-order valence-electron chi connectivity index (χ0n) is 24.4. The normalized spacial score (nSPS) is 12.1. The number of carbonyl (C=O) groups is 1. The summed E-state index contributed by atoms with van der Waals surface area (Å²) in [5.74, 6) is -1.26. The van der Waals surface area contributed by atoms with Crippen molar-refractivity contribution in [2.75, 3.05) is 23.8 Å². The molecule has 41 heavy (non-hydrogen) atoms. The van der Waals surface area contributed by atoms with Crippen LogP contribution < -0.4 is 14.4 Å². The van der Waals surface area contributed by atoms with Crippen molar-refractivity contribution < 1.29 is 31.5 Å². The van der Waals surface area contributed by atoms with Crippen LogP contribution in [0.25, 0.3) is 0 Å². The Morgan fingerprint density at radius 1 is 1.15 bits per heavy atom. The molecule has 0 aliphatic heterocycles. The van der Waals surface area contributed by atoms with Crippen LogP contribution >= 0.6 is 11.3 Å². The molecule has 3 aromatic rings. The third-order valence-electron chi connectivity index (χ3n) is 6.28. The van der Waals surface area contributed by atoms with Crippen LogP contribution in [-0.4, -0.2) is 50.2 Å². The summed E-state index contributed by atoms with van der Waals surface area (Å²) >= 11 is 1.07. The highest BCUT2D eigenvalue weighted by atomic mass is 32.2. The first-order valence-electron chi connectivity index (χ1n) is 12.8. The first-order chi connectivity index (χ1) is 19.1. The summed E-state index contributed by atoms with van der Waals surface area (Å²) in [5.41, 5.74) is 1.93. The number of aryl methyl sites for hydroxylation is 1. The fourth-order valence-electron chi connectivity index (χ4n) is 3.88. The number of rotatable bonds is 10. The van der Waals surface area contributed by atoms with Gasteiger partial charge in [0.15, 0.2) is 5.82 Å². The van der Waals surface area contributed by atoms with Crippen molar-refractivity contribution in [1.82, 2.24) is 9.88 Å². The van der Waals surface area contributed by atoms with E-state index in [-0.39, 0.29) is 24.1 Å². The first kappa shape index (κ1) is 32.2. The van der Waals surface area contributed by atoms with Gasteiger partial charge in [0, 0.05) is 41.3 Å². The van der Waals surface area contributed by atoms with E-state index in [2.05, 4.69) is 10.3 Å². The Labute approximate surface area is 244 Å². The van der Waals surface area contributed by atoms with Crippen LogP contribution in [0.1, 0.15) is 51.3 Å². The van der Waals surface area contributed by atoms with Gasteiger partial charge >= 0.3 is 6.09 Å². The van der Waals surface area contributed by atoms with Gasteiger partial charge in [0.05, 0.1) is 12.6 Å². The van der Waals surface area contributed by atoms with Gasteiger partial charge in [-0.15, -0.1) is 15.6 Å². The molecule has 0 unspecified atom stereocenters. The number of ether oxygens (including phenoxy) is 2. The van der Waals surface area contributed by atoms with E-state index in [0.29, 0.717) is 33.3 Å². The molecule has 0 radical (unpaired) electrons. The van der Waals surface area contributed by atoms with Gasteiger partial charge in [-0.1, -0.05) is 0 Å². The molecule has 0 fully saturated rings. The highest BCUT2D eigenvalue weighted by Crippen LogP contribution is 2.32. The molecule has 0 saturated heterocycles. The van der Waals surface area contributed by atoms with E-state index in [4.69, 9.17) is 9.47 Å². The minimum atomic E-state index is -4.76. The predicted octanol–water partition coefficient (Wildman–Crippen LogP) is 6.32. The van der Waals surface area contributed by atoms with Crippen molar-refractivity contribution in [3.8, 4) is 5.75 Å². The van der Waals surface area contributed by atoms with Gasteiger partial charge in [0.2, 0.25) is 0 Å². The number of anilines is 2. The highest BCUT2D eigenvalue weighted by molar-refractivity contribution is 7.93. The van der Waals surface area contributed by atoms with Gasteiger partial charge in [-0.05, 0) is 78.4 Å². The molecular formula is C28H36F2N4O5S2. The number of nitrogens with one attached hydrogen (secondary N) is 1. The molecule has 0 aliphatic rings. The molecule has 0 saturated carbocycles. The minimum absolute atomic E-state index is 0.0143. The van der Waals surface area contributed by atoms with E-state index in [9.17, 15) is 13.2 Å². The number of hydrogen-bond donors (Lipinski definition) is 1. The zero-order chi connectivity index (χ0) is 30.7. The SMILES string of the molecule is COc1ccc(F)c(CNc2cc(F)c(S(=O)(=O)N(C(=O)OC(C)(C)C)c3cscn3)cc2C)c1CN(C)C(C)C. The molecule has 1 aromatic heterocycles. The molecular weight excluding hydrogens is 574 g/mol. The number of nitrogens with zero attached hydrogens (tertiary/aromatic N) is 3. The molecule has 3 rings (SSSR count). The number of thiazole rings is 1. The maximum atomic E-state index is 15.5. The van der Waals surface area contributed by atoms with E-state index < -0.39 is 38.2 Å². The Hall–Kier alpha value is -3.29. The fourth-order valence-corrected chi connectivity index (χ4v) is 5.87. The van der Waals surface area contributed by atoms with Gasteiger partial charge in [-0.3, -0.25) is 4.90 Å². The third-order valence-corrected chi connectivity index (χ3v) is 8.54. The van der Waals surface area contributed by atoms with Gasteiger partial charge in [0.1, 0.15) is 27.9 Å². The monoisotopic (exact) mass is 610 g/mol. The maximum absolute atomic E-state index is 15.5. The zero-order valence-corrected chi connectivity index (χ0v) is 26.0. The third kappa shape index (κ3) is 7.52. The second kappa shape index (κ2) is 12.7. The average molecular weight is 611 g/mol. The summed E-state index contributed by atoms with van der Waals surface area (Å²) in [4.78, 5) is 18.2. The fraction of sp³-hybridized carbons (Fsp3) is 0.429. The first-order valence-corrected chi connectivity index (χ1v) is 15.2. The summed E-state index contributed by atoms with van der Waals surface area (Å²) in [6.07, 6.45) is -1.21. The van der Waals surface area contributed by atoms with E-state index in [0.717, 1.165) is 23.5 Å². The Kier molecular flexibility index (Phi) is 9.98. The Balaban J connectivity index is 1.98. The smallest absolute Gasteiger partial charge is 0.430 e. The van der Waals surface area contributed by atoms with Crippen molar-refractivity contribution >= 4 is 39.0 Å². The Morgan fingerprint density at radius 2 is 1.83 bits per heavy atom. The van der Waals surface area contributed by atoms with Gasteiger partial charge in [-0.2, -0.15) is 0 Å². The summed E-state index contributed by atoms with van der Waals surface area (Å²) in [6.45, 7) is 10.8. The number of carbonyl (C=O) groups excluding carboxylic acids is 1. The number of benzene rings is 2. The molecule has 2 aromatic carbocycles. The summed E-state index contributed by atoms with van der Waals surface area (Å²) in [7, 11) is -1.34. The van der Waals surface area contributed by atoms with E-state index >= 15 is 8.78 Å². The molecule has 0 aliphatic carbocycles. The van der Waals surface area contributed by atoms with Crippen LogP contribution in [0, 0.1) is 18.6 Å². The lowest BCUT2D eigenvalue weighted by atomic mass is 10.0. The summed E-state index contributed by atoms with van der Waals surface area (Å²) < 4.78 is 68.8. The van der Waals surface area contributed by atoms with Crippen LogP contribution in [0.2, 0.25) is 0 Å². The van der Waals surface area contributed by atoms with Crippen LogP contribution in [0.15, 0.2) is 40.1 Å². The molecule has 1 heterocycles. The number of halogens is 2. The lowest BCUT2D eigenvalue weighted by Gasteiger charge is -2.26. The molecule has 1 amide bonds. The molecule has 13 heteroatoms. The maximum Gasteiger partial charge on any atom is 0.430 e. The van der Waals surface area contributed by atoms with Crippen molar-refractivity contribution in [1.29, 1.82) is 0 Å². The quantitative estimate of drug-likeness (QED) is 0.285. The van der Waals surface area contributed by atoms with E-state index in [1.807, 2.05) is 25.8 Å². The molecule has 0 atom stereocenters. The van der Waals surface area contributed by atoms with Crippen molar-refractivity contribution in [2.24, 2.45) is 0 Å². The minimum Gasteiger partial charge on any atom is -0.496 e. The molecule has 1 N–H and O–H groups in total. The molecule has 224 valence electrons. The molecule has 0 spiro atoms. The van der Waals surface area contributed by atoms with Gasteiger partial charge in [0.25, 0.3) is 10.0 Å². The largest absolute Gasteiger partial charge is 0.496 e. The molecule has 0 bridgehead atoms. The van der Waals surface area contributed by atoms with Crippen LogP contribution in [0.5, 0.6) is 5.75 Å². The van der Waals surface area contributed by atoms with Crippen LogP contribution in [0.4, 0.5) is 25.1 Å². The second-order valence-electron chi connectivity index (χ2n) is 10.8. The standard InChI is InChI=1S/C28H36F2N4O5S2/c1-17(2)33(7)14-20-19(21(29)9-10-24(20)38-8)13-31-23-12-22(30)25(11-18(23)3)41(36,37)34(26-15-40-16-32-26)27(35)39-28(4,5)6/h9-12,15-17,31H,13-14H2,1-8H3. The summed E-state index contributed by atoms with van der Waals surface area (Å²) in [5, 5.41) is 4.38. The number of aromatic nitrogens is 1. The van der Waals surface area contributed by atoms with Crippen LogP contribution in [-0.2, 0) is 27.8 Å². The summed E-state index contributed by atoms with van der Waals surface area (Å²) in [6, 6.07) is 5.19.